The summed E-state index contributed by atoms with van der Waals surface area (Å²) in [5, 5.41) is 13.5. The summed E-state index contributed by atoms with van der Waals surface area (Å²) in [7, 11) is 0. The van der Waals surface area contributed by atoms with E-state index in [1.54, 1.807) is 0 Å². The number of rotatable bonds is 2. The van der Waals surface area contributed by atoms with Crippen LogP contribution in [0.1, 0.15) is 16.7 Å². The minimum absolute atomic E-state index is 0.641. The van der Waals surface area contributed by atoms with Gasteiger partial charge in [-0.05, 0) is 55.4 Å². The largest absolute Gasteiger partial charge is 0.381 e. The van der Waals surface area contributed by atoms with Crippen molar-refractivity contribution in [3.8, 4) is 0 Å². The Morgan fingerprint density at radius 1 is 1.11 bits per heavy atom. The lowest BCUT2D eigenvalue weighted by molar-refractivity contribution is 0.218. The van der Waals surface area contributed by atoms with Crippen LogP contribution in [0.5, 0.6) is 0 Å². The molecule has 0 aliphatic carbocycles. The number of halogens is 2. The van der Waals surface area contributed by atoms with E-state index in [1.165, 1.54) is 11.3 Å². The van der Waals surface area contributed by atoms with E-state index >= 15 is 0 Å². The van der Waals surface area contributed by atoms with Crippen LogP contribution in [0.15, 0.2) is 50.7 Å². The summed E-state index contributed by atoms with van der Waals surface area (Å²) in [4.78, 5) is 5.43. The topological polar surface area (TPSA) is 33.1 Å². The van der Waals surface area contributed by atoms with Gasteiger partial charge in [-0.3, -0.25) is 0 Å². The van der Waals surface area contributed by atoms with Crippen molar-refractivity contribution in [2.24, 2.45) is 0 Å². The van der Waals surface area contributed by atoms with E-state index in [9.17, 15) is 5.11 Å². The number of benzene rings is 1. The van der Waals surface area contributed by atoms with Crippen molar-refractivity contribution in [3.05, 3.63) is 61.3 Å². The Morgan fingerprint density at radius 2 is 1.89 bits per heavy atom. The Labute approximate surface area is 131 Å². The highest BCUT2D eigenvalue weighted by atomic mass is 79.9. The first-order chi connectivity index (χ1) is 9.16. The Hall–Kier alpha value is -0.750. The molecule has 1 aromatic carbocycles. The summed E-state index contributed by atoms with van der Waals surface area (Å²) in [6.45, 7) is 0. The van der Waals surface area contributed by atoms with E-state index < -0.39 is 6.10 Å². The molecule has 0 amide bonds. The van der Waals surface area contributed by atoms with E-state index in [1.807, 2.05) is 41.8 Å². The molecular formula is C14H9Br2NOS. The maximum atomic E-state index is 10.5. The molecule has 96 valence electrons. The molecule has 0 saturated heterocycles. The standard InChI is InChI=1S/C14H9Br2NOS/c15-9-5-6-19-14(9)13(18)12-10(16)7-8-3-1-2-4-11(8)17-12/h1-7,13,18H. The highest BCUT2D eigenvalue weighted by Gasteiger charge is 2.19. The van der Waals surface area contributed by atoms with Gasteiger partial charge in [-0.2, -0.15) is 0 Å². The zero-order chi connectivity index (χ0) is 13.4. The zero-order valence-corrected chi connectivity index (χ0v) is 13.7. The normalized spacial score (nSPS) is 12.8. The third-order valence-electron chi connectivity index (χ3n) is 2.86. The van der Waals surface area contributed by atoms with Crippen molar-refractivity contribution in [1.29, 1.82) is 0 Å². The number of hydrogen-bond acceptors (Lipinski definition) is 3. The molecule has 2 nitrogen and oxygen atoms in total. The first-order valence-electron chi connectivity index (χ1n) is 5.63. The lowest BCUT2D eigenvalue weighted by Gasteiger charge is -2.12. The fraction of sp³-hybridized carbons (Fsp3) is 0.0714. The maximum Gasteiger partial charge on any atom is 0.132 e. The molecule has 3 aromatic rings. The van der Waals surface area contributed by atoms with Crippen molar-refractivity contribution in [3.63, 3.8) is 0 Å². The van der Waals surface area contributed by atoms with Crippen molar-refractivity contribution in [1.82, 2.24) is 4.98 Å². The van der Waals surface area contributed by atoms with Crippen molar-refractivity contribution >= 4 is 54.1 Å². The quantitative estimate of drug-likeness (QED) is 0.665. The maximum absolute atomic E-state index is 10.5. The summed E-state index contributed by atoms with van der Waals surface area (Å²) < 4.78 is 1.73. The van der Waals surface area contributed by atoms with Gasteiger partial charge < -0.3 is 5.11 Å². The van der Waals surface area contributed by atoms with Crippen LogP contribution in [-0.4, -0.2) is 10.1 Å². The van der Waals surface area contributed by atoms with Gasteiger partial charge in [-0.15, -0.1) is 11.3 Å². The molecule has 5 heteroatoms. The Balaban J connectivity index is 2.14. The predicted octanol–water partition coefficient (Wildman–Crippen LogP) is 4.90. The van der Waals surface area contributed by atoms with Gasteiger partial charge in [0.15, 0.2) is 0 Å². The summed E-state index contributed by atoms with van der Waals surface area (Å²) in [6, 6.07) is 11.8. The molecule has 2 aromatic heterocycles. The van der Waals surface area contributed by atoms with Crippen LogP contribution < -0.4 is 0 Å². The van der Waals surface area contributed by atoms with E-state index in [2.05, 4.69) is 36.8 Å². The van der Waals surface area contributed by atoms with Crippen LogP contribution in [0.2, 0.25) is 0 Å². The third kappa shape index (κ3) is 2.48. The van der Waals surface area contributed by atoms with E-state index in [0.29, 0.717) is 5.69 Å². The van der Waals surface area contributed by atoms with Crippen LogP contribution in [0.4, 0.5) is 0 Å². The lowest BCUT2D eigenvalue weighted by atomic mass is 10.1. The van der Waals surface area contributed by atoms with Gasteiger partial charge in [-0.25, -0.2) is 4.98 Å². The number of fused-ring (bicyclic) bond motifs is 1. The van der Waals surface area contributed by atoms with Crippen LogP contribution in [0, 0.1) is 0 Å². The zero-order valence-electron chi connectivity index (χ0n) is 9.68. The SMILES string of the molecule is OC(c1nc2ccccc2cc1Br)c1sccc1Br. The first kappa shape index (κ1) is 13.2. The number of pyridine rings is 1. The Morgan fingerprint density at radius 3 is 2.63 bits per heavy atom. The van der Waals surface area contributed by atoms with Gasteiger partial charge in [0, 0.05) is 14.3 Å². The van der Waals surface area contributed by atoms with E-state index in [0.717, 1.165) is 24.7 Å². The molecule has 0 spiro atoms. The van der Waals surface area contributed by atoms with E-state index in [-0.39, 0.29) is 0 Å². The smallest absolute Gasteiger partial charge is 0.132 e. The fourth-order valence-electron chi connectivity index (χ4n) is 1.92. The molecule has 3 rings (SSSR count). The summed E-state index contributed by atoms with van der Waals surface area (Å²) in [5.41, 5.74) is 1.52. The van der Waals surface area contributed by atoms with Gasteiger partial charge in [0.05, 0.1) is 16.1 Å². The monoisotopic (exact) mass is 397 g/mol. The number of aliphatic hydroxyl groups is 1. The number of aromatic nitrogens is 1. The van der Waals surface area contributed by atoms with Gasteiger partial charge in [-0.1, -0.05) is 18.2 Å². The van der Waals surface area contributed by atoms with Crippen molar-refractivity contribution in [2.45, 2.75) is 6.10 Å². The lowest BCUT2D eigenvalue weighted by Crippen LogP contribution is -2.02. The highest BCUT2D eigenvalue weighted by molar-refractivity contribution is 9.10. The summed E-state index contributed by atoms with van der Waals surface area (Å²) in [5.74, 6) is 0. The minimum Gasteiger partial charge on any atom is -0.381 e. The molecule has 1 unspecified atom stereocenters. The predicted molar refractivity (Wildman–Crippen MR) is 85.5 cm³/mol. The molecule has 0 fully saturated rings. The molecule has 0 radical (unpaired) electrons. The average molecular weight is 399 g/mol. The molecule has 2 heterocycles. The summed E-state index contributed by atoms with van der Waals surface area (Å²) in [6.07, 6.45) is -0.728. The van der Waals surface area contributed by atoms with Crippen molar-refractivity contribution < 1.29 is 5.11 Å². The number of nitrogens with zero attached hydrogens (tertiary/aromatic N) is 1. The second-order valence-electron chi connectivity index (χ2n) is 4.08. The molecule has 0 bridgehead atoms. The van der Waals surface area contributed by atoms with Crippen molar-refractivity contribution in [2.75, 3.05) is 0 Å². The van der Waals surface area contributed by atoms with Gasteiger partial charge in [0.25, 0.3) is 0 Å². The highest BCUT2D eigenvalue weighted by Crippen LogP contribution is 2.36. The average Bonchev–Trinajstić information content (AvgIpc) is 2.83. The van der Waals surface area contributed by atoms with Crippen LogP contribution in [-0.2, 0) is 0 Å². The molecule has 0 saturated carbocycles. The van der Waals surface area contributed by atoms with Crippen LogP contribution >= 0.6 is 43.2 Å². The van der Waals surface area contributed by atoms with Gasteiger partial charge in [0.2, 0.25) is 0 Å². The van der Waals surface area contributed by atoms with Gasteiger partial charge in [0.1, 0.15) is 6.10 Å². The van der Waals surface area contributed by atoms with Crippen LogP contribution in [0.3, 0.4) is 0 Å². The first-order valence-corrected chi connectivity index (χ1v) is 8.09. The molecular weight excluding hydrogens is 390 g/mol. The third-order valence-corrected chi connectivity index (χ3v) is 5.42. The van der Waals surface area contributed by atoms with Crippen LogP contribution in [0.25, 0.3) is 10.9 Å². The Kier molecular flexibility index (Phi) is 3.71. The van der Waals surface area contributed by atoms with Gasteiger partial charge >= 0.3 is 0 Å². The Bertz CT molecular complexity index is 741. The number of thiophene rings is 1. The fourth-order valence-corrected chi connectivity index (χ4v) is 4.05. The molecule has 0 aliphatic heterocycles. The molecule has 1 N–H and O–H groups in total. The minimum atomic E-state index is -0.728. The molecule has 0 aliphatic rings. The molecule has 1 atom stereocenters. The summed E-state index contributed by atoms with van der Waals surface area (Å²) >= 11 is 8.45. The van der Waals surface area contributed by atoms with E-state index in [4.69, 9.17) is 0 Å². The second kappa shape index (κ2) is 5.32. The number of aliphatic hydroxyl groups excluding tert-OH is 1. The molecule has 19 heavy (non-hydrogen) atoms. The second-order valence-corrected chi connectivity index (χ2v) is 6.74. The number of para-hydroxylation sites is 1. The number of hydrogen-bond donors (Lipinski definition) is 1.